The van der Waals surface area contributed by atoms with Gasteiger partial charge in [0.1, 0.15) is 5.75 Å². The molecule has 0 spiro atoms. The van der Waals surface area contributed by atoms with Gasteiger partial charge in [0.25, 0.3) is 0 Å². The number of aromatic nitrogens is 2. The maximum Gasteiger partial charge on any atom is 0.237 e. The summed E-state index contributed by atoms with van der Waals surface area (Å²) < 4.78 is 6.44. The summed E-state index contributed by atoms with van der Waals surface area (Å²) in [5.74, 6) is 6.76. The monoisotopic (exact) mass is 280 g/mol. The van der Waals surface area contributed by atoms with Crippen molar-refractivity contribution in [1.82, 2.24) is 9.97 Å². The van der Waals surface area contributed by atoms with E-state index in [0.29, 0.717) is 17.4 Å². The Morgan fingerprint density at radius 3 is 2.50 bits per heavy atom. The van der Waals surface area contributed by atoms with Crippen molar-refractivity contribution < 1.29 is 4.74 Å². The van der Waals surface area contributed by atoms with E-state index in [9.17, 15) is 0 Å². The lowest BCUT2D eigenvalue weighted by atomic mass is 10.3. The highest BCUT2D eigenvalue weighted by atomic mass is 79.9. The van der Waals surface area contributed by atoms with Crippen LogP contribution in [-0.4, -0.2) is 9.97 Å². The molecule has 5 nitrogen and oxygen atoms in total. The molecule has 6 heteroatoms. The molecule has 0 bridgehead atoms. The van der Waals surface area contributed by atoms with Crippen LogP contribution in [0.1, 0.15) is 0 Å². The predicted octanol–water partition coefficient (Wildman–Crippen LogP) is 2.32. The van der Waals surface area contributed by atoms with Gasteiger partial charge >= 0.3 is 0 Å². The standard InChI is InChI=1S/C10H9BrN4O/c11-8-3-1-2-4-9(8)16-7-5-13-10(15-12)14-6-7/h1-6H,12H2,(H,13,14,15). The van der Waals surface area contributed by atoms with E-state index in [1.807, 2.05) is 24.3 Å². The first-order valence-electron chi connectivity index (χ1n) is 4.50. The van der Waals surface area contributed by atoms with Crippen LogP contribution in [0.25, 0.3) is 0 Å². The normalized spacial score (nSPS) is 9.88. The molecule has 1 aromatic carbocycles. The highest BCUT2D eigenvalue weighted by Crippen LogP contribution is 2.28. The van der Waals surface area contributed by atoms with Crippen molar-refractivity contribution >= 4 is 21.9 Å². The van der Waals surface area contributed by atoms with Crippen molar-refractivity contribution in [2.24, 2.45) is 5.84 Å². The second kappa shape index (κ2) is 4.91. The van der Waals surface area contributed by atoms with Gasteiger partial charge in [-0.05, 0) is 28.1 Å². The average Bonchev–Trinajstić information content (AvgIpc) is 2.33. The Balaban J connectivity index is 2.18. The summed E-state index contributed by atoms with van der Waals surface area (Å²) in [5.41, 5.74) is 2.34. The lowest BCUT2D eigenvalue weighted by Crippen LogP contribution is -2.09. The summed E-state index contributed by atoms with van der Waals surface area (Å²) in [6, 6.07) is 7.54. The van der Waals surface area contributed by atoms with E-state index in [-0.39, 0.29) is 0 Å². The van der Waals surface area contributed by atoms with E-state index < -0.39 is 0 Å². The quantitative estimate of drug-likeness (QED) is 0.667. The number of nitrogens with zero attached hydrogens (tertiary/aromatic N) is 2. The number of anilines is 1. The van der Waals surface area contributed by atoms with E-state index >= 15 is 0 Å². The van der Waals surface area contributed by atoms with E-state index in [4.69, 9.17) is 10.6 Å². The van der Waals surface area contributed by atoms with Crippen LogP contribution in [0.2, 0.25) is 0 Å². The molecule has 16 heavy (non-hydrogen) atoms. The Morgan fingerprint density at radius 2 is 1.88 bits per heavy atom. The fourth-order valence-corrected chi connectivity index (χ4v) is 1.46. The lowest BCUT2D eigenvalue weighted by Gasteiger charge is -2.06. The van der Waals surface area contributed by atoms with E-state index in [1.165, 1.54) is 0 Å². The summed E-state index contributed by atoms with van der Waals surface area (Å²) in [6.45, 7) is 0. The molecule has 82 valence electrons. The topological polar surface area (TPSA) is 73.1 Å². The zero-order chi connectivity index (χ0) is 11.4. The summed E-state index contributed by atoms with van der Waals surface area (Å²) in [4.78, 5) is 7.87. The van der Waals surface area contributed by atoms with Crippen LogP contribution in [0.5, 0.6) is 11.5 Å². The van der Waals surface area contributed by atoms with Crippen LogP contribution in [0.4, 0.5) is 5.95 Å². The fourth-order valence-electron chi connectivity index (χ4n) is 1.10. The van der Waals surface area contributed by atoms with Gasteiger partial charge in [-0.3, -0.25) is 5.43 Å². The number of rotatable bonds is 3. The molecule has 0 unspecified atom stereocenters. The number of hydrogen-bond donors (Lipinski definition) is 2. The molecule has 0 saturated heterocycles. The number of nitrogens with one attached hydrogen (secondary N) is 1. The van der Waals surface area contributed by atoms with Gasteiger partial charge in [-0.1, -0.05) is 12.1 Å². The third-order valence-corrected chi connectivity index (χ3v) is 2.48. The minimum Gasteiger partial charge on any atom is -0.453 e. The Morgan fingerprint density at radius 1 is 1.19 bits per heavy atom. The van der Waals surface area contributed by atoms with Crippen molar-refractivity contribution in [2.75, 3.05) is 5.43 Å². The van der Waals surface area contributed by atoms with E-state index in [0.717, 1.165) is 4.47 Å². The third-order valence-electron chi connectivity index (χ3n) is 1.82. The van der Waals surface area contributed by atoms with Gasteiger partial charge in [0.2, 0.25) is 5.95 Å². The maximum atomic E-state index is 5.57. The summed E-state index contributed by atoms with van der Waals surface area (Å²) in [6.07, 6.45) is 3.09. The van der Waals surface area contributed by atoms with Gasteiger partial charge in [-0.25, -0.2) is 15.8 Å². The van der Waals surface area contributed by atoms with Crippen molar-refractivity contribution in [3.8, 4) is 11.5 Å². The average molecular weight is 281 g/mol. The molecular weight excluding hydrogens is 272 g/mol. The molecule has 3 N–H and O–H groups in total. The molecule has 2 rings (SSSR count). The van der Waals surface area contributed by atoms with Gasteiger partial charge in [-0.15, -0.1) is 0 Å². The Bertz CT molecular complexity index is 475. The summed E-state index contributed by atoms with van der Waals surface area (Å²) in [5, 5.41) is 0. The largest absolute Gasteiger partial charge is 0.453 e. The number of nitrogen functional groups attached to an aromatic ring is 1. The van der Waals surface area contributed by atoms with Crippen molar-refractivity contribution in [3.63, 3.8) is 0 Å². The van der Waals surface area contributed by atoms with E-state index in [1.54, 1.807) is 12.4 Å². The van der Waals surface area contributed by atoms with Gasteiger partial charge in [0, 0.05) is 0 Å². The molecular formula is C10H9BrN4O. The van der Waals surface area contributed by atoms with Crippen molar-refractivity contribution in [2.45, 2.75) is 0 Å². The van der Waals surface area contributed by atoms with Crippen molar-refractivity contribution in [1.29, 1.82) is 0 Å². The number of hydrogen-bond acceptors (Lipinski definition) is 5. The van der Waals surface area contributed by atoms with E-state index in [2.05, 4.69) is 31.3 Å². The first-order chi connectivity index (χ1) is 7.79. The summed E-state index contributed by atoms with van der Waals surface area (Å²) >= 11 is 3.38. The van der Waals surface area contributed by atoms with Gasteiger partial charge < -0.3 is 4.74 Å². The summed E-state index contributed by atoms with van der Waals surface area (Å²) in [7, 11) is 0. The zero-order valence-corrected chi connectivity index (χ0v) is 9.81. The fraction of sp³-hybridized carbons (Fsp3) is 0. The highest BCUT2D eigenvalue weighted by molar-refractivity contribution is 9.10. The molecule has 1 heterocycles. The van der Waals surface area contributed by atoms with Crippen molar-refractivity contribution in [3.05, 3.63) is 41.1 Å². The second-order valence-electron chi connectivity index (χ2n) is 2.92. The number of benzene rings is 1. The van der Waals surface area contributed by atoms with Gasteiger partial charge in [-0.2, -0.15) is 0 Å². The first-order valence-corrected chi connectivity index (χ1v) is 5.30. The number of nitrogens with two attached hydrogens (primary N) is 1. The molecule has 0 aliphatic rings. The Labute approximate surface area is 101 Å². The Kier molecular flexibility index (Phi) is 3.33. The minimum atomic E-state index is 0.347. The molecule has 0 amide bonds. The van der Waals surface area contributed by atoms with Crippen LogP contribution < -0.4 is 16.0 Å². The van der Waals surface area contributed by atoms with Crippen LogP contribution in [0.15, 0.2) is 41.1 Å². The SMILES string of the molecule is NNc1ncc(Oc2ccccc2Br)cn1. The zero-order valence-electron chi connectivity index (χ0n) is 8.22. The molecule has 2 aromatic rings. The molecule has 0 atom stereocenters. The van der Waals surface area contributed by atoms with Crippen LogP contribution >= 0.6 is 15.9 Å². The van der Waals surface area contributed by atoms with Crippen LogP contribution in [0, 0.1) is 0 Å². The molecule has 0 saturated carbocycles. The smallest absolute Gasteiger partial charge is 0.237 e. The second-order valence-corrected chi connectivity index (χ2v) is 3.77. The molecule has 0 aliphatic heterocycles. The Hall–Kier alpha value is -1.66. The van der Waals surface area contributed by atoms with Crippen LogP contribution in [-0.2, 0) is 0 Å². The molecule has 0 radical (unpaired) electrons. The maximum absolute atomic E-state index is 5.57. The number of para-hydroxylation sites is 1. The predicted molar refractivity (Wildman–Crippen MR) is 64.1 cm³/mol. The van der Waals surface area contributed by atoms with Gasteiger partial charge in [0.15, 0.2) is 5.75 Å². The van der Waals surface area contributed by atoms with Gasteiger partial charge in [0.05, 0.1) is 16.9 Å². The number of ether oxygens (including phenoxy) is 1. The van der Waals surface area contributed by atoms with Crippen LogP contribution in [0.3, 0.4) is 0 Å². The first kappa shape index (κ1) is 10.8. The number of hydrazine groups is 1. The highest BCUT2D eigenvalue weighted by Gasteiger charge is 2.02. The molecule has 0 fully saturated rings. The number of halogens is 1. The lowest BCUT2D eigenvalue weighted by molar-refractivity contribution is 0.475. The molecule has 0 aliphatic carbocycles. The molecule has 1 aromatic heterocycles. The third kappa shape index (κ3) is 2.47. The minimum absolute atomic E-state index is 0.347.